The molecule has 0 atom stereocenters. The smallest absolute Gasteiger partial charge is 0.0623 e. The molecule has 22 heavy (non-hydrogen) atoms. The standard InChI is InChI=1S/C6H6.3BF4.Li.H/c1-2-4-6-5-3-1;3*2-1(3,4)5;;/h1-6H;;;;;/q;3*-1;;. The SMILES string of the molecule is F[B-](F)(F)F.F[B-](F)(F)F.F[B-](F)(F)F.[LiH].c1ccccc1. The number of halogens is 12. The van der Waals surface area contributed by atoms with Crippen LogP contribution in [0.1, 0.15) is 0 Å². The van der Waals surface area contributed by atoms with Gasteiger partial charge < -0.3 is 51.8 Å². The van der Waals surface area contributed by atoms with Crippen LogP contribution in [-0.4, -0.2) is 40.6 Å². The van der Waals surface area contributed by atoms with Crippen LogP contribution < -0.4 is 0 Å². The van der Waals surface area contributed by atoms with Gasteiger partial charge in [-0.05, 0) is 0 Å². The summed E-state index contributed by atoms with van der Waals surface area (Å²) in [6, 6.07) is 12.0. The number of rotatable bonds is 0. The Balaban J connectivity index is -0.0000000973. The molecule has 0 unspecified atom stereocenters. The van der Waals surface area contributed by atoms with Crippen LogP contribution in [0.3, 0.4) is 0 Å². The maximum absolute atomic E-state index is 9.75. The Morgan fingerprint density at radius 2 is 0.364 bits per heavy atom. The second-order valence-corrected chi connectivity index (χ2v) is 2.64. The number of hydrogen-bond acceptors (Lipinski definition) is 0. The van der Waals surface area contributed by atoms with Crippen LogP contribution in [0.5, 0.6) is 0 Å². The van der Waals surface area contributed by atoms with Gasteiger partial charge in [-0.25, -0.2) is 0 Å². The summed E-state index contributed by atoms with van der Waals surface area (Å²) in [4.78, 5) is 0. The van der Waals surface area contributed by atoms with Crippen LogP contribution in [0.15, 0.2) is 36.4 Å². The summed E-state index contributed by atoms with van der Waals surface area (Å²) in [6.07, 6.45) is 0. The van der Waals surface area contributed by atoms with Crippen LogP contribution in [0.4, 0.5) is 51.8 Å². The Bertz CT molecular complexity index is 249. The molecule has 0 spiro atoms. The predicted molar refractivity (Wildman–Crippen MR) is 64.1 cm³/mol. The van der Waals surface area contributed by atoms with Gasteiger partial charge in [0.05, 0.1) is 0 Å². The average Bonchev–Trinajstić information content (AvgIpc) is 2.12. The molecular formula is C6H7B3F12Li-3. The van der Waals surface area contributed by atoms with Gasteiger partial charge in [0.25, 0.3) is 0 Å². The molecule has 128 valence electrons. The monoisotopic (exact) mass is 347 g/mol. The molecule has 0 nitrogen and oxygen atoms in total. The summed E-state index contributed by atoms with van der Waals surface area (Å²) in [5.74, 6) is 0. The first-order valence-electron chi connectivity index (χ1n) is 4.62. The fourth-order valence-corrected chi connectivity index (χ4v) is 0.385. The third-order valence-corrected chi connectivity index (χ3v) is 0.667. The van der Waals surface area contributed by atoms with Crippen molar-refractivity contribution in [1.82, 2.24) is 0 Å². The normalized spacial score (nSPS) is 10.4. The Labute approximate surface area is 129 Å². The van der Waals surface area contributed by atoms with Gasteiger partial charge in [-0.3, -0.25) is 0 Å². The first kappa shape index (κ1) is 29.2. The van der Waals surface area contributed by atoms with Crippen molar-refractivity contribution in [3.05, 3.63) is 36.4 Å². The maximum Gasteiger partial charge on any atom is -0.0623 e. The minimum absolute atomic E-state index is 0. The summed E-state index contributed by atoms with van der Waals surface area (Å²) in [6.45, 7) is 0. The van der Waals surface area contributed by atoms with Gasteiger partial charge in [0, 0.05) is 0 Å². The number of benzene rings is 1. The summed E-state index contributed by atoms with van der Waals surface area (Å²) in [5.41, 5.74) is 0. The van der Waals surface area contributed by atoms with E-state index in [-0.39, 0.29) is 18.9 Å². The van der Waals surface area contributed by atoms with Crippen molar-refractivity contribution in [3.63, 3.8) is 0 Å². The summed E-state index contributed by atoms with van der Waals surface area (Å²) >= 11 is 0. The average molecular weight is 346 g/mol. The Hall–Kier alpha value is -0.828. The van der Waals surface area contributed by atoms with E-state index in [0.29, 0.717) is 0 Å². The van der Waals surface area contributed by atoms with Crippen molar-refractivity contribution in [1.29, 1.82) is 0 Å². The molecule has 0 N–H and O–H groups in total. The molecule has 0 saturated heterocycles. The van der Waals surface area contributed by atoms with Crippen molar-refractivity contribution in [2.24, 2.45) is 0 Å². The molecule has 0 saturated carbocycles. The second kappa shape index (κ2) is 13.8. The molecule has 0 radical (unpaired) electrons. The Morgan fingerprint density at radius 3 is 0.409 bits per heavy atom. The van der Waals surface area contributed by atoms with E-state index in [9.17, 15) is 51.8 Å². The van der Waals surface area contributed by atoms with E-state index in [0.717, 1.165) is 0 Å². The van der Waals surface area contributed by atoms with E-state index in [2.05, 4.69) is 0 Å². The zero-order valence-corrected chi connectivity index (χ0v) is 9.73. The molecular weight excluding hydrogens is 339 g/mol. The molecule has 0 aromatic heterocycles. The van der Waals surface area contributed by atoms with Crippen LogP contribution in [0.25, 0.3) is 0 Å². The van der Waals surface area contributed by atoms with Crippen LogP contribution in [-0.2, 0) is 0 Å². The van der Waals surface area contributed by atoms with Crippen molar-refractivity contribution >= 4 is 40.6 Å². The first-order valence-corrected chi connectivity index (χ1v) is 4.62. The van der Waals surface area contributed by atoms with Crippen molar-refractivity contribution in [2.75, 3.05) is 0 Å². The molecule has 0 aliphatic rings. The first-order chi connectivity index (χ1) is 9.00. The van der Waals surface area contributed by atoms with Gasteiger partial charge in [0.2, 0.25) is 0 Å². The van der Waals surface area contributed by atoms with Crippen molar-refractivity contribution < 1.29 is 51.8 Å². The summed E-state index contributed by atoms with van der Waals surface area (Å²) in [7, 11) is -18.0. The number of hydrogen-bond donors (Lipinski definition) is 0. The summed E-state index contributed by atoms with van der Waals surface area (Å²) < 4.78 is 117. The minimum atomic E-state index is -6.00. The largest absolute Gasteiger partial charge is 0.0623 e. The van der Waals surface area contributed by atoms with Crippen LogP contribution >= 0.6 is 0 Å². The molecule has 0 amide bonds. The molecule has 0 aliphatic heterocycles. The van der Waals surface area contributed by atoms with Crippen molar-refractivity contribution in [3.8, 4) is 0 Å². The van der Waals surface area contributed by atoms with E-state index in [1.165, 1.54) is 0 Å². The van der Waals surface area contributed by atoms with E-state index in [1.807, 2.05) is 36.4 Å². The zero-order chi connectivity index (χ0) is 17.7. The van der Waals surface area contributed by atoms with E-state index in [1.54, 1.807) is 0 Å². The third-order valence-electron chi connectivity index (χ3n) is 0.667. The zero-order valence-electron chi connectivity index (χ0n) is 9.73. The fourth-order valence-electron chi connectivity index (χ4n) is 0.385. The molecule has 1 rings (SSSR count). The minimum Gasteiger partial charge on any atom is -0.0623 e. The third kappa shape index (κ3) is 237. The summed E-state index contributed by atoms with van der Waals surface area (Å²) in [5, 5.41) is 0. The Morgan fingerprint density at radius 1 is 0.318 bits per heavy atom. The van der Waals surface area contributed by atoms with E-state index in [4.69, 9.17) is 0 Å². The van der Waals surface area contributed by atoms with Gasteiger partial charge >= 0.3 is 40.6 Å². The van der Waals surface area contributed by atoms with Gasteiger partial charge in [-0.15, -0.1) is 0 Å². The van der Waals surface area contributed by atoms with Gasteiger partial charge in [0.1, 0.15) is 0 Å². The van der Waals surface area contributed by atoms with E-state index < -0.39 is 21.8 Å². The predicted octanol–water partition coefficient (Wildman–Crippen LogP) is 4.94. The molecule has 0 aliphatic carbocycles. The molecule has 1 aromatic carbocycles. The molecule has 0 heterocycles. The second-order valence-electron chi connectivity index (χ2n) is 2.64. The van der Waals surface area contributed by atoms with Crippen molar-refractivity contribution in [2.45, 2.75) is 0 Å². The van der Waals surface area contributed by atoms with Crippen LogP contribution in [0, 0.1) is 0 Å². The molecule has 16 heteroatoms. The topological polar surface area (TPSA) is 0 Å². The molecule has 0 bridgehead atoms. The fraction of sp³-hybridized carbons (Fsp3) is 0. The van der Waals surface area contributed by atoms with Gasteiger partial charge in [0.15, 0.2) is 0 Å². The molecule has 1 aromatic rings. The Kier molecular flexibility index (Phi) is 18.3. The maximum atomic E-state index is 9.75. The molecule has 0 fully saturated rings. The van der Waals surface area contributed by atoms with E-state index >= 15 is 0 Å². The van der Waals surface area contributed by atoms with Gasteiger partial charge in [-0.2, -0.15) is 0 Å². The van der Waals surface area contributed by atoms with Gasteiger partial charge in [-0.1, -0.05) is 36.4 Å². The quantitative estimate of drug-likeness (QED) is 0.461. The van der Waals surface area contributed by atoms with Crippen LogP contribution in [0.2, 0.25) is 0 Å².